The van der Waals surface area contributed by atoms with Gasteiger partial charge in [0, 0.05) is 6.42 Å². The Bertz CT molecular complexity index is 155. The smallest absolute Gasteiger partial charge is 0.303 e. The molecule has 0 unspecified atom stereocenters. The van der Waals surface area contributed by atoms with Gasteiger partial charge in [-0.3, -0.25) is 4.79 Å². The van der Waals surface area contributed by atoms with Gasteiger partial charge in [-0.25, -0.2) is 0 Å². The molecule has 0 amide bonds. The Morgan fingerprint density at radius 1 is 1.25 bits per heavy atom. The maximum atomic E-state index is 10.1. The van der Waals surface area contributed by atoms with Crippen molar-refractivity contribution in [2.75, 3.05) is 0 Å². The summed E-state index contributed by atoms with van der Waals surface area (Å²) >= 11 is 0. The van der Waals surface area contributed by atoms with Crippen molar-refractivity contribution in [3.63, 3.8) is 0 Å². The lowest BCUT2D eigenvalue weighted by molar-refractivity contribution is -0.137. The van der Waals surface area contributed by atoms with Gasteiger partial charge in [-0.15, -0.1) is 0 Å². The van der Waals surface area contributed by atoms with Crippen LogP contribution in [0.3, 0.4) is 0 Å². The molecule has 0 saturated carbocycles. The van der Waals surface area contributed by atoms with Gasteiger partial charge in [0.05, 0.1) is 0 Å². The second kappa shape index (κ2) is 6.89. The summed E-state index contributed by atoms with van der Waals surface area (Å²) < 4.78 is 0. The first kappa shape index (κ1) is 11.2. The van der Waals surface area contributed by atoms with Gasteiger partial charge in [0.1, 0.15) is 0 Å². The third kappa shape index (κ3) is 9.21. The van der Waals surface area contributed by atoms with E-state index in [2.05, 4.69) is 19.9 Å². The molecule has 2 heteroatoms. The van der Waals surface area contributed by atoms with Crippen molar-refractivity contribution in [2.24, 2.45) is 0 Å². The van der Waals surface area contributed by atoms with Gasteiger partial charge in [0.2, 0.25) is 0 Å². The summed E-state index contributed by atoms with van der Waals surface area (Å²) in [5.41, 5.74) is 1.34. The van der Waals surface area contributed by atoms with E-state index in [0.717, 1.165) is 25.7 Å². The Morgan fingerprint density at radius 3 is 2.42 bits per heavy atom. The van der Waals surface area contributed by atoms with Crippen LogP contribution in [0.2, 0.25) is 0 Å². The molecule has 2 nitrogen and oxygen atoms in total. The molecule has 12 heavy (non-hydrogen) atoms. The molecule has 0 aliphatic carbocycles. The number of carbonyl (C=O) groups is 1. The molecule has 0 radical (unpaired) electrons. The van der Waals surface area contributed by atoms with Crippen molar-refractivity contribution >= 4 is 5.97 Å². The third-order valence-electron chi connectivity index (χ3n) is 1.65. The molecular weight excluding hydrogens is 152 g/mol. The van der Waals surface area contributed by atoms with Crippen LogP contribution in [0.15, 0.2) is 11.6 Å². The van der Waals surface area contributed by atoms with E-state index in [1.807, 2.05) is 0 Å². The first-order valence-electron chi connectivity index (χ1n) is 4.48. The monoisotopic (exact) mass is 170 g/mol. The van der Waals surface area contributed by atoms with E-state index in [1.165, 1.54) is 5.57 Å². The third-order valence-corrected chi connectivity index (χ3v) is 1.65. The average molecular weight is 170 g/mol. The van der Waals surface area contributed by atoms with E-state index >= 15 is 0 Å². The van der Waals surface area contributed by atoms with Crippen molar-refractivity contribution in [2.45, 2.75) is 46.0 Å². The second-order valence-corrected chi connectivity index (χ2v) is 3.27. The number of carboxylic acid groups (broad SMARTS) is 1. The van der Waals surface area contributed by atoms with Gasteiger partial charge in [-0.05, 0) is 33.1 Å². The van der Waals surface area contributed by atoms with Crippen molar-refractivity contribution in [1.29, 1.82) is 0 Å². The average Bonchev–Trinajstić information content (AvgIpc) is 1.95. The summed E-state index contributed by atoms with van der Waals surface area (Å²) in [5.74, 6) is -0.683. The zero-order valence-corrected chi connectivity index (χ0v) is 7.97. The lowest BCUT2D eigenvalue weighted by Crippen LogP contribution is -1.93. The molecule has 0 bridgehead atoms. The summed E-state index contributed by atoms with van der Waals surface area (Å²) in [6.45, 7) is 4.16. The molecule has 0 heterocycles. The topological polar surface area (TPSA) is 37.3 Å². The first-order valence-corrected chi connectivity index (χ1v) is 4.48. The minimum absolute atomic E-state index is 0.314. The molecule has 0 spiro atoms. The van der Waals surface area contributed by atoms with Crippen molar-refractivity contribution in [3.05, 3.63) is 11.6 Å². The Kier molecular flexibility index (Phi) is 6.44. The van der Waals surface area contributed by atoms with Crippen LogP contribution in [0.1, 0.15) is 46.0 Å². The molecule has 0 atom stereocenters. The largest absolute Gasteiger partial charge is 0.481 e. The predicted molar refractivity (Wildman–Crippen MR) is 50.2 cm³/mol. The molecule has 0 aromatic rings. The van der Waals surface area contributed by atoms with Crippen LogP contribution in [0.4, 0.5) is 0 Å². The number of aliphatic carboxylic acids is 1. The Balaban J connectivity index is 3.11. The van der Waals surface area contributed by atoms with Gasteiger partial charge in [0.25, 0.3) is 0 Å². The van der Waals surface area contributed by atoms with Crippen molar-refractivity contribution < 1.29 is 9.90 Å². The van der Waals surface area contributed by atoms with E-state index in [4.69, 9.17) is 5.11 Å². The molecule has 0 saturated heterocycles. The van der Waals surface area contributed by atoms with Crippen LogP contribution in [-0.2, 0) is 4.79 Å². The molecule has 0 aliphatic rings. The number of carboxylic acids is 1. The second-order valence-electron chi connectivity index (χ2n) is 3.27. The van der Waals surface area contributed by atoms with Crippen molar-refractivity contribution in [3.8, 4) is 0 Å². The lowest BCUT2D eigenvalue weighted by atomic mass is 10.1. The van der Waals surface area contributed by atoms with Crippen LogP contribution in [0, 0.1) is 0 Å². The zero-order valence-electron chi connectivity index (χ0n) is 7.97. The zero-order chi connectivity index (χ0) is 9.40. The van der Waals surface area contributed by atoms with Crippen LogP contribution >= 0.6 is 0 Å². The molecule has 70 valence electrons. The summed E-state index contributed by atoms with van der Waals surface area (Å²) in [6, 6.07) is 0. The SMILES string of the molecule is CC(C)=CCCCCCC(=O)O. The Labute approximate surface area is 74.3 Å². The predicted octanol–water partition coefficient (Wildman–Crippen LogP) is 2.99. The molecule has 1 N–H and O–H groups in total. The van der Waals surface area contributed by atoms with Gasteiger partial charge >= 0.3 is 5.97 Å². The quantitative estimate of drug-likeness (QED) is 0.491. The number of rotatable bonds is 6. The van der Waals surface area contributed by atoms with Gasteiger partial charge < -0.3 is 5.11 Å². The van der Waals surface area contributed by atoms with E-state index in [-0.39, 0.29) is 0 Å². The summed E-state index contributed by atoms with van der Waals surface area (Å²) in [5, 5.41) is 8.35. The van der Waals surface area contributed by atoms with Crippen molar-refractivity contribution in [1.82, 2.24) is 0 Å². The molecule has 0 aromatic heterocycles. The van der Waals surface area contributed by atoms with E-state index in [1.54, 1.807) is 0 Å². The number of unbranched alkanes of at least 4 members (excludes halogenated alkanes) is 3. The molecule has 0 fully saturated rings. The van der Waals surface area contributed by atoms with E-state index < -0.39 is 5.97 Å². The van der Waals surface area contributed by atoms with Gasteiger partial charge in [-0.1, -0.05) is 18.1 Å². The molecule has 0 aliphatic heterocycles. The maximum absolute atomic E-state index is 10.1. The number of allylic oxidation sites excluding steroid dienone is 2. The molecule has 0 rings (SSSR count). The van der Waals surface area contributed by atoms with Crippen LogP contribution in [0.25, 0.3) is 0 Å². The fraction of sp³-hybridized carbons (Fsp3) is 0.700. The van der Waals surface area contributed by atoms with Gasteiger partial charge in [-0.2, -0.15) is 0 Å². The van der Waals surface area contributed by atoms with Crippen LogP contribution in [-0.4, -0.2) is 11.1 Å². The molecular formula is C10H18O2. The van der Waals surface area contributed by atoms with Gasteiger partial charge in [0.15, 0.2) is 0 Å². The Hall–Kier alpha value is -0.790. The highest BCUT2D eigenvalue weighted by atomic mass is 16.4. The van der Waals surface area contributed by atoms with E-state index in [0.29, 0.717) is 6.42 Å². The van der Waals surface area contributed by atoms with Crippen LogP contribution in [0.5, 0.6) is 0 Å². The highest BCUT2D eigenvalue weighted by Crippen LogP contribution is 2.05. The lowest BCUT2D eigenvalue weighted by Gasteiger charge is -1.95. The van der Waals surface area contributed by atoms with Crippen LogP contribution < -0.4 is 0 Å². The summed E-state index contributed by atoms with van der Waals surface area (Å²) in [6.07, 6.45) is 6.54. The fourth-order valence-corrected chi connectivity index (χ4v) is 0.988. The minimum atomic E-state index is -0.683. The minimum Gasteiger partial charge on any atom is -0.481 e. The highest BCUT2D eigenvalue weighted by Gasteiger charge is 1.94. The molecule has 0 aromatic carbocycles. The summed E-state index contributed by atoms with van der Waals surface area (Å²) in [4.78, 5) is 10.1. The standard InChI is InChI=1S/C10H18O2/c1-9(2)7-5-3-4-6-8-10(11)12/h7H,3-6,8H2,1-2H3,(H,11,12). The highest BCUT2D eigenvalue weighted by molar-refractivity contribution is 5.66. The normalized spacial score (nSPS) is 9.50. The number of hydrogen-bond donors (Lipinski definition) is 1. The Morgan fingerprint density at radius 2 is 1.92 bits per heavy atom. The maximum Gasteiger partial charge on any atom is 0.303 e. The van der Waals surface area contributed by atoms with E-state index in [9.17, 15) is 4.79 Å². The summed E-state index contributed by atoms with van der Waals surface area (Å²) in [7, 11) is 0. The fourth-order valence-electron chi connectivity index (χ4n) is 0.988. The first-order chi connectivity index (χ1) is 5.63. The number of hydrogen-bond acceptors (Lipinski definition) is 1.